The summed E-state index contributed by atoms with van der Waals surface area (Å²) >= 11 is 0. The van der Waals surface area contributed by atoms with Crippen molar-refractivity contribution in [2.75, 3.05) is 18.9 Å². The number of nitrogens with zero attached hydrogens (tertiary/aromatic N) is 7. The van der Waals surface area contributed by atoms with Crippen LogP contribution in [-0.2, 0) is 33.5 Å². The van der Waals surface area contributed by atoms with Crippen molar-refractivity contribution < 1.29 is 32.7 Å². The van der Waals surface area contributed by atoms with E-state index in [1.807, 2.05) is 26.0 Å². The zero-order valence-corrected chi connectivity index (χ0v) is 31.1. The maximum absolute atomic E-state index is 14.6. The first kappa shape index (κ1) is 37.4. The molecule has 5 atom stereocenters. The highest BCUT2D eigenvalue weighted by atomic mass is 19.4. The lowest BCUT2D eigenvalue weighted by atomic mass is 9.95. The monoisotopic (exact) mass is 746 g/mol. The highest BCUT2D eigenvalue weighted by Crippen LogP contribution is 2.60. The molecule has 5 heterocycles. The van der Waals surface area contributed by atoms with Crippen LogP contribution in [0, 0.1) is 25.2 Å². The number of pyridine rings is 1. The quantitative estimate of drug-likeness (QED) is 0.267. The Hall–Kier alpha value is -4.92. The lowest BCUT2D eigenvalue weighted by Crippen LogP contribution is -2.47. The molecule has 1 saturated heterocycles. The van der Waals surface area contributed by atoms with Crippen molar-refractivity contribution in [2.24, 2.45) is 11.3 Å². The lowest BCUT2D eigenvalue weighted by Gasteiger charge is -2.27. The molecule has 15 heteroatoms. The summed E-state index contributed by atoms with van der Waals surface area (Å²) in [6, 6.07) is 4.67. The number of halogens is 3. The van der Waals surface area contributed by atoms with Crippen molar-refractivity contribution in [3.8, 4) is 11.1 Å². The molecule has 3 aromatic heterocycles. The number of rotatable bonds is 4. The number of carbonyl (C=O) groups excluding carboxylic acids is 3. The standard InChI is InChI=1S/C39H45F3N8O4/c1-21-11-12-30(39(40,41)42)45-35(21)46-36(53)29-15-38-16-31(38)50(29)32(52)19-49-34-25(10-8-6-7-9-22(2)37(54)48(5)20-38)13-26(27-17-43-24(4)44-18-27)14-28(34)33(47-49)23(3)51/h11-14,17-18,22-23,29,31,51H,6-10,15-16,19-20H2,1-5H3,(H,45,46,53)/t22-,23?,29-,31+,38-/m0/s1. The SMILES string of the molecule is Cc1ncc(-c2cc3c4c(c2)c(C(C)O)nn4CC(=O)N2[C@H](C(=O)Nc4nc(C(F)(F)F)ccc4C)C[C@]4(C[C@@H]24)CN(C)C(=O)[C@@H](C)CCCCC3)cn1. The van der Waals surface area contributed by atoms with Gasteiger partial charge in [-0.05, 0) is 87.8 Å². The van der Waals surface area contributed by atoms with Crippen molar-refractivity contribution in [1.82, 2.24) is 34.5 Å². The van der Waals surface area contributed by atoms with E-state index in [9.17, 15) is 32.7 Å². The Morgan fingerprint density at radius 2 is 1.80 bits per heavy atom. The normalized spacial score (nSPS) is 24.4. The van der Waals surface area contributed by atoms with Gasteiger partial charge in [-0.15, -0.1) is 0 Å². The summed E-state index contributed by atoms with van der Waals surface area (Å²) < 4.78 is 42.3. The summed E-state index contributed by atoms with van der Waals surface area (Å²) in [7, 11) is 1.75. The average molecular weight is 747 g/mol. The smallest absolute Gasteiger partial charge is 0.387 e. The minimum atomic E-state index is -4.71. The minimum Gasteiger partial charge on any atom is -0.387 e. The first-order chi connectivity index (χ1) is 25.6. The maximum Gasteiger partial charge on any atom is 0.433 e. The number of anilines is 1. The number of aliphatic hydroxyl groups is 1. The molecule has 286 valence electrons. The van der Waals surface area contributed by atoms with Crippen molar-refractivity contribution in [3.63, 3.8) is 0 Å². The molecule has 2 bridgehead atoms. The Bertz CT molecular complexity index is 2120. The first-order valence-electron chi connectivity index (χ1n) is 18.5. The fourth-order valence-corrected chi connectivity index (χ4v) is 8.41. The molecule has 2 aliphatic heterocycles. The number of hydrogen-bond acceptors (Lipinski definition) is 8. The largest absolute Gasteiger partial charge is 0.433 e. The zero-order chi connectivity index (χ0) is 38.7. The molecule has 54 heavy (non-hydrogen) atoms. The number of benzene rings is 1. The second-order valence-corrected chi connectivity index (χ2v) is 15.4. The summed E-state index contributed by atoms with van der Waals surface area (Å²) in [4.78, 5) is 57.9. The Kier molecular flexibility index (Phi) is 9.73. The predicted octanol–water partition coefficient (Wildman–Crippen LogP) is 5.79. The number of aryl methyl sites for hydroxylation is 3. The van der Waals surface area contributed by atoms with Crippen molar-refractivity contribution in [3.05, 3.63) is 65.0 Å². The minimum absolute atomic E-state index is 0.00516. The van der Waals surface area contributed by atoms with Gasteiger partial charge in [-0.1, -0.05) is 25.8 Å². The molecule has 2 fully saturated rings. The molecule has 1 unspecified atom stereocenters. The average Bonchev–Trinajstić information content (AvgIpc) is 3.51. The third-order valence-corrected chi connectivity index (χ3v) is 11.3. The number of alkyl halides is 3. The molecular weight excluding hydrogens is 701 g/mol. The van der Waals surface area contributed by atoms with Crippen molar-refractivity contribution in [1.29, 1.82) is 0 Å². The third kappa shape index (κ3) is 7.05. The number of aliphatic hydroxyl groups excluding tert-OH is 1. The fraction of sp³-hybridized carbons (Fsp3) is 0.513. The van der Waals surface area contributed by atoms with Gasteiger partial charge >= 0.3 is 6.18 Å². The predicted molar refractivity (Wildman–Crippen MR) is 194 cm³/mol. The molecule has 0 radical (unpaired) electrons. The van der Waals surface area contributed by atoms with Gasteiger partial charge < -0.3 is 20.2 Å². The van der Waals surface area contributed by atoms with Crippen LogP contribution in [0.3, 0.4) is 0 Å². The molecule has 4 aromatic rings. The second-order valence-electron chi connectivity index (χ2n) is 15.4. The van der Waals surface area contributed by atoms with Gasteiger partial charge in [-0.25, -0.2) is 15.0 Å². The van der Waals surface area contributed by atoms with Crippen LogP contribution in [0.15, 0.2) is 36.7 Å². The Morgan fingerprint density at radius 1 is 1.06 bits per heavy atom. The molecule has 3 aliphatic rings. The van der Waals surface area contributed by atoms with Gasteiger partial charge in [0.1, 0.15) is 29.9 Å². The third-order valence-electron chi connectivity index (χ3n) is 11.3. The summed E-state index contributed by atoms with van der Waals surface area (Å²) in [5.41, 5.74) is 2.31. The molecule has 12 nitrogen and oxygen atoms in total. The van der Waals surface area contributed by atoms with E-state index in [0.717, 1.165) is 42.0 Å². The van der Waals surface area contributed by atoms with E-state index in [-0.39, 0.29) is 36.7 Å². The van der Waals surface area contributed by atoms with Gasteiger partial charge in [0.15, 0.2) is 0 Å². The molecule has 0 spiro atoms. The molecular formula is C39H45F3N8O4. The van der Waals surface area contributed by atoms with Gasteiger partial charge in [0.25, 0.3) is 0 Å². The maximum atomic E-state index is 14.6. The van der Waals surface area contributed by atoms with Gasteiger partial charge in [-0.2, -0.15) is 18.3 Å². The van der Waals surface area contributed by atoms with Gasteiger partial charge in [0, 0.05) is 54.3 Å². The van der Waals surface area contributed by atoms with Crippen LogP contribution in [0.1, 0.15) is 86.8 Å². The van der Waals surface area contributed by atoms with Crippen LogP contribution in [0.25, 0.3) is 22.0 Å². The van der Waals surface area contributed by atoms with E-state index in [4.69, 9.17) is 5.10 Å². The molecule has 2 N–H and O–H groups in total. The molecule has 3 amide bonds. The number of amides is 3. The van der Waals surface area contributed by atoms with Crippen molar-refractivity contribution >= 4 is 34.4 Å². The van der Waals surface area contributed by atoms with Crippen LogP contribution in [0.4, 0.5) is 19.0 Å². The Labute approximate surface area is 311 Å². The highest BCUT2D eigenvalue weighted by Gasteiger charge is 2.67. The van der Waals surface area contributed by atoms with Crippen molar-refractivity contribution in [2.45, 2.75) is 104 Å². The highest BCUT2D eigenvalue weighted by molar-refractivity contribution is 5.98. The zero-order valence-electron chi connectivity index (χ0n) is 31.1. The lowest BCUT2D eigenvalue weighted by molar-refractivity contribution is -0.141. The summed E-state index contributed by atoms with van der Waals surface area (Å²) in [6.45, 7) is 6.99. The number of hydrogen-bond donors (Lipinski definition) is 2. The van der Waals surface area contributed by atoms with Gasteiger partial charge in [-0.3, -0.25) is 19.1 Å². The molecule has 1 aromatic carbocycles. The second kappa shape index (κ2) is 14.1. The van der Waals surface area contributed by atoms with E-state index in [1.54, 1.807) is 42.9 Å². The number of aromatic nitrogens is 5. The topological polar surface area (TPSA) is 146 Å². The van der Waals surface area contributed by atoms with Crippen LogP contribution in [-0.4, -0.2) is 83.0 Å². The van der Waals surface area contributed by atoms with Gasteiger partial charge in [0.05, 0.1) is 17.3 Å². The number of carbonyl (C=O) groups is 3. The van der Waals surface area contributed by atoms with E-state index < -0.39 is 41.2 Å². The van der Waals surface area contributed by atoms with Crippen LogP contribution in [0.5, 0.6) is 0 Å². The number of piperidine rings is 1. The Balaban J connectivity index is 1.30. The van der Waals surface area contributed by atoms with E-state index in [0.29, 0.717) is 53.8 Å². The fourth-order valence-electron chi connectivity index (χ4n) is 8.41. The van der Waals surface area contributed by atoms with E-state index in [1.165, 1.54) is 11.0 Å². The summed E-state index contributed by atoms with van der Waals surface area (Å²) in [5, 5.41) is 19.0. The van der Waals surface area contributed by atoms with Crippen LogP contribution >= 0.6 is 0 Å². The van der Waals surface area contributed by atoms with E-state index in [2.05, 4.69) is 20.3 Å². The van der Waals surface area contributed by atoms with Gasteiger partial charge in [0.2, 0.25) is 17.7 Å². The summed E-state index contributed by atoms with van der Waals surface area (Å²) in [6.07, 6.45) is 2.51. The Morgan fingerprint density at radius 3 is 2.50 bits per heavy atom. The van der Waals surface area contributed by atoms with E-state index >= 15 is 0 Å². The molecule has 1 aliphatic carbocycles. The van der Waals surface area contributed by atoms with Crippen LogP contribution < -0.4 is 5.32 Å². The first-order valence-corrected chi connectivity index (χ1v) is 18.5. The molecule has 1 saturated carbocycles. The molecule has 7 rings (SSSR count). The summed E-state index contributed by atoms with van der Waals surface area (Å²) in [5.74, 6) is -0.876. The number of nitrogens with one attached hydrogen (secondary N) is 1. The van der Waals surface area contributed by atoms with Crippen LogP contribution in [0.2, 0.25) is 0 Å².